The van der Waals surface area contributed by atoms with Crippen LogP contribution in [0.25, 0.3) is 5.69 Å². The average Bonchev–Trinajstić information content (AvgIpc) is 2.67. The summed E-state index contributed by atoms with van der Waals surface area (Å²) in [5.41, 5.74) is 0.498. The molecule has 0 saturated carbocycles. The normalized spacial score (nSPS) is 10.4. The summed E-state index contributed by atoms with van der Waals surface area (Å²) in [5, 5.41) is 3.86. The van der Waals surface area contributed by atoms with Crippen molar-refractivity contribution in [2.75, 3.05) is 14.2 Å². The molecule has 2 rings (SSSR count). The van der Waals surface area contributed by atoms with E-state index in [4.69, 9.17) is 9.47 Å². The average molecular weight is 302 g/mol. The highest BCUT2D eigenvalue weighted by molar-refractivity contribution is 9.10. The van der Waals surface area contributed by atoms with Crippen LogP contribution in [0, 0.1) is 6.08 Å². The van der Waals surface area contributed by atoms with Gasteiger partial charge in [0.2, 0.25) is 4.73 Å². The topological polar surface area (TPSA) is 49.2 Å². The number of methoxy groups -OCH3 is 2. The van der Waals surface area contributed by atoms with E-state index < -0.39 is 6.08 Å². The van der Waals surface area contributed by atoms with Crippen molar-refractivity contribution in [1.82, 2.24) is 14.8 Å². The largest absolute Gasteiger partial charge is 0.493 e. The van der Waals surface area contributed by atoms with Crippen LogP contribution in [0.5, 0.6) is 11.5 Å². The zero-order chi connectivity index (χ0) is 12.4. The van der Waals surface area contributed by atoms with E-state index >= 15 is 0 Å². The second-order valence-corrected chi connectivity index (χ2v) is 3.81. The van der Waals surface area contributed by atoms with E-state index in [2.05, 4.69) is 26.0 Å². The van der Waals surface area contributed by atoms with Gasteiger partial charge in [0, 0.05) is 6.07 Å². The molecule has 0 amide bonds. The number of halogens is 2. The Morgan fingerprint density at radius 2 is 1.94 bits per heavy atom. The SMILES string of the molecule is COc1ccc(-n2nc(Br)nc2F)cc1OC. The lowest BCUT2D eigenvalue weighted by Crippen LogP contribution is -2.01. The number of hydrogen-bond acceptors (Lipinski definition) is 4. The first kappa shape index (κ1) is 11.8. The smallest absolute Gasteiger partial charge is 0.312 e. The summed E-state index contributed by atoms with van der Waals surface area (Å²) in [6.45, 7) is 0. The molecule has 0 aliphatic carbocycles. The van der Waals surface area contributed by atoms with Gasteiger partial charge in [-0.15, -0.1) is 5.10 Å². The number of benzene rings is 1. The zero-order valence-corrected chi connectivity index (χ0v) is 10.7. The van der Waals surface area contributed by atoms with Crippen LogP contribution in [0.4, 0.5) is 4.39 Å². The highest BCUT2D eigenvalue weighted by Gasteiger charge is 2.12. The van der Waals surface area contributed by atoms with E-state index in [0.717, 1.165) is 4.68 Å². The van der Waals surface area contributed by atoms with Crippen LogP contribution in [0.15, 0.2) is 22.9 Å². The third-order valence-electron chi connectivity index (χ3n) is 2.15. The molecule has 0 saturated heterocycles. The van der Waals surface area contributed by atoms with Crippen LogP contribution in [0.3, 0.4) is 0 Å². The van der Waals surface area contributed by atoms with Crippen molar-refractivity contribution < 1.29 is 13.9 Å². The number of ether oxygens (including phenoxy) is 2. The number of nitrogens with zero attached hydrogens (tertiary/aromatic N) is 3. The van der Waals surface area contributed by atoms with E-state index in [0.29, 0.717) is 17.2 Å². The van der Waals surface area contributed by atoms with E-state index in [1.807, 2.05) is 0 Å². The molecule has 0 radical (unpaired) electrons. The maximum atomic E-state index is 13.4. The first-order valence-corrected chi connectivity index (χ1v) is 5.45. The van der Waals surface area contributed by atoms with Crippen molar-refractivity contribution in [3.8, 4) is 17.2 Å². The lowest BCUT2D eigenvalue weighted by Gasteiger charge is -2.09. The van der Waals surface area contributed by atoms with Crippen LogP contribution in [-0.4, -0.2) is 29.0 Å². The van der Waals surface area contributed by atoms with Crippen LogP contribution >= 0.6 is 15.9 Å². The Morgan fingerprint density at radius 1 is 1.24 bits per heavy atom. The molecule has 0 aliphatic heterocycles. The molecule has 0 N–H and O–H groups in total. The molecule has 7 heteroatoms. The molecule has 0 fully saturated rings. The zero-order valence-electron chi connectivity index (χ0n) is 9.15. The summed E-state index contributed by atoms with van der Waals surface area (Å²) < 4.78 is 24.9. The van der Waals surface area contributed by atoms with E-state index in [9.17, 15) is 4.39 Å². The Hall–Kier alpha value is -1.63. The fourth-order valence-corrected chi connectivity index (χ4v) is 1.70. The maximum absolute atomic E-state index is 13.4. The molecule has 1 aromatic carbocycles. The molecule has 0 unspecified atom stereocenters. The van der Waals surface area contributed by atoms with Crippen molar-refractivity contribution in [3.63, 3.8) is 0 Å². The van der Waals surface area contributed by atoms with Crippen LogP contribution in [-0.2, 0) is 0 Å². The van der Waals surface area contributed by atoms with E-state index in [1.54, 1.807) is 18.2 Å². The first-order valence-electron chi connectivity index (χ1n) is 4.66. The quantitative estimate of drug-likeness (QED) is 0.872. The summed E-state index contributed by atoms with van der Waals surface area (Å²) in [4.78, 5) is 3.52. The molecular formula is C10H9BrFN3O2. The van der Waals surface area contributed by atoms with Gasteiger partial charge in [0.25, 0.3) is 0 Å². The van der Waals surface area contributed by atoms with Crippen LogP contribution in [0.1, 0.15) is 0 Å². The van der Waals surface area contributed by atoms with Gasteiger partial charge in [0.15, 0.2) is 11.5 Å². The molecule has 0 atom stereocenters. The predicted molar refractivity (Wildman–Crippen MR) is 62.1 cm³/mol. The third kappa shape index (κ3) is 2.23. The summed E-state index contributed by atoms with van der Waals surface area (Å²) in [7, 11) is 3.04. The minimum atomic E-state index is -0.705. The van der Waals surface area contributed by atoms with Gasteiger partial charge in [-0.25, -0.2) is 0 Å². The highest BCUT2D eigenvalue weighted by Crippen LogP contribution is 2.29. The Balaban J connectivity index is 2.50. The lowest BCUT2D eigenvalue weighted by atomic mass is 10.3. The summed E-state index contributed by atoms with van der Waals surface area (Å²) in [6, 6.07) is 4.94. The molecule has 5 nitrogen and oxygen atoms in total. The minimum absolute atomic E-state index is 0.185. The number of hydrogen-bond donors (Lipinski definition) is 0. The maximum Gasteiger partial charge on any atom is 0.312 e. The van der Waals surface area contributed by atoms with Crippen LogP contribution in [0.2, 0.25) is 0 Å². The predicted octanol–water partition coefficient (Wildman–Crippen LogP) is 2.19. The highest BCUT2D eigenvalue weighted by atomic mass is 79.9. The molecule has 1 heterocycles. The second-order valence-electron chi connectivity index (χ2n) is 3.10. The van der Waals surface area contributed by atoms with E-state index in [1.165, 1.54) is 14.2 Å². The molecule has 0 bridgehead atoms. The van der Waals surface area contributed by atoms with Crippen LogP contribution < -0.4 is 9.47 Å². The van der Waals surface area contributed by atoms with Gasteiger partial charge < -0.3 is 9.47 Å². The fraction of sp³-hybridized carbons (Fsp3) is 0.200. The van der Waals surface area contributed by atoms with Crippen molar-refractivity contribution in [2.24, 2.45) is 0 Å². The first-order chi connectivity index (χ1) is 8.15. The summed E-state index contributed by atoms with van der Waals surface area (Å²) >= 11 is 3.00. The van der Waals surface area contributed by atoms with Crippen molar-refractivity contribution in [2.45, 2.75) is 0 Å². The van der Waals surface area contributed by atoms with Crippen molar-refractivity contribution >= 4 is 15.9 Å². The van der Waals surface area contributed by atoms with Gasteiger partial charge in [-0.3, -0.25) is 0 Å². The van der Waals surface area contributed by atoms with Crippen molar-refractivity contribution in [3.05, 3.63) is 29.0 Å². The summed E-state index contributed by atoms with van der Waals surface area (Å²) in [5.74, 6) is 1.06. The number of aromatic nitrogens is 3. The molecule has 2 aromatic rings. The summed E-state index contributed by atoms with van der Waals surface area (Å²) in [6.07, 6.45) is -0.705. The van der Waals surface area contributed by atoms with Crippen molar-refractivity contribution in [1.29, 1.82) is 0 Å². The van der Waals surface area contributed by atoms with E-state index in [-0.39, 0.29) is 4.73 Å². The fourth-order valence-electron chi connectivity index (χ4n) is 1.39. The molecule has 0 aliphatic rings. The Bertz CT molecular complexity index is 544. The second kappa shape index (κ2) is 4.70. The van der Waals surface area contributed by atoms with Gasteiger partial charge >= 0.3 is 6.08 Å². The monoisotopic (exact) mass is 301 g/mol. The molecule has 1 aromatic heterocycles. The lowest BCUT2D eigenvalue weighted by molar-refractivity contribution is 0.354. The molecular weight excluding hydrogens is 293 g/mol. The Morgan fingerprint density at radius 3 is 2.47 bits per heavy atom. The van der Waals surface area contributed by atoms with Gasteiger partial charge in [0.1, 0.15) is 0 Å². The molecule has 90 valence electrons. The van der Waals surface area contributed by atoms with Gasteiger partial charge in [-0.1, -0.05) is 0 Å². The van der Waals surface area contributed by atoms with Gasteiger partial charge in [-0.2, -0.15) is 14.1 Å². The third-order valence-corrected chi connectivity index (χ3v) is 2.49. The minimum Gasteiger partial charge on any atom is -0.493 e. The molecule has 0 spiro atoms. The Kier molecular flexibility index (Phi) is 3.28. The van der Waals surface area contributed by atoms with Gasteiger partial charge in [-0.05, 0) is 28.1 Å². The Labute approximate surface area is 105 Å². The number of rotatable bonds is 3. The standard InChI is InChI=1S/C10H9BrFN3O2/c1-16-7-4-3-6(5-8(7)17-2)15-10(12)13-9(11)14-15/h3-5H,1-2H3. The van der Waals surface area contributed by atoms with Gasteiger partial charge in [0.05, 0.1) is 19.9 Å². The molecule has 17 heavy (non-hydrogen) atoms.